The first-order valence-corrected chi connectivity index (χ1v) is 16.0. The molecule has 9 nitrogen and oxygen atoms in total. The lowest BCUT2D eigenvalue weighted by Crippen LogP contribution is -2.32. The minimum absolute atomic E-state index is 0.302. The van der Waals surface area contributed by atoms with Gasteiger partial charge in [-0.05, 0) is 65.4 Å². The summed E-state index contributed by atoms with van der Waals surface area (Å²) in [4.78, 5) is 57.7. The molecular weight excluding hydrogens is 634 g/mol. The van der Waals surface area contributed by atoms with E-state index >= 15 is 0 Å². The van der Waals surface area contributed by atoms with Crippen LogP contribution < -0.4 is 24.6 Å². The number of ether oxygens (including phenoxy) is 2. The number of aromatic amines is 1. The van der Waals surface area contributed by atoms with Crippen LogP contribution in [0.15, 0.2) is 94.7 Å². The molecule has 3 atom stereocenters. The van der Waals surface area contributed by atoms with Crippen LogP contribution in [-0.4, -0.2) is 41.7 Å². The summed E-state index contributed by atoms with van der Waals surface area (Å²) in [5.41, 5.74) is 1.55. The van der Waals surface area contributed by atoms with Crippen LogP contribution in [0.1, 0.15) is 16.4 Å². The zero-order valence-electron chi connectivity index (χ0n) is 23.6. The van der Waals surface area contributed by atoms with Crippen LogP contribution in [0.3, 0.4) is 0 Å². The summed E-state index contributed by atoms with van der Waals surface area (Å²) in [5, 5.41) is 5.00. The van der Waals surface area contributed by atoms with Crippen molar-refractivity contribution in [3.8, 4) is 11.5 Å². The van der Waals surface area contributed by atoms with Crippen LogP contribution in [0.4, 0.5) is 11.4 Å². The number of nitrogens with one attached hydrogen (secondary N) is 2. The summed E-state index contributed by atoms with van der Waals surface area (Å²) in [6.45, 7) is -0.321. The lowest BCUT2D eigenvalue weighted by atomic mass is 9.82. The van der Waals surface area contributed by atoms with Crippen molar-refractivity contribution in [3.05, 3.63) is 110 Å². The molecule has 0 aliphatic carbocycles. The largest absolute Gasteiger partial charge is 0.497 e. The molecular formula is C33H24ClN3O6S2. The summed E-state index contributed by atoms with van der Waals surface area (Å²) in [6.07, 6.45) is 0. The molecule has 1 fully saturated rings. The van der Waals surface area contributed by atoms with Gasteiger partial charge in [0.25, 0.3) is 5.91 Å². The van der Waals surface area contributed by atoms with E-state index in [1.54, 1.807) is 42.5 Å². The predicted molar refractivity (Wildman–Crippen MR) is 175 cm³/mol. The van der Waals surface area contributed by atoms with Crippen molar-refractivity contribution < 1.29 is 23.9 Å². The first kappa shape index (κ1) is 29.1. The van der Waals surface area contributed by atoms with Gasteiger partial charge in [0.2, 0.25) is 11.8 Å². The van der Waals surface area contributed by atoms with E-state index in [0.29, 0.717) is 43.4 Å². The number of hydrogen-bond acceptors (Lipinski definition) is 8. The molecule has 2 aliphatic rings. The second-order valence-corrected chi connectivity index (χ2v) is 13.1. The van der Waals surface area contributed by atoms with Crippen LogP contribution in [0.2, 0.25) is 5.02 Å². The van der Waals surface area contributed by atoms with E-state index in [0.717, 1.165) is 22.1 Å². The van der Waals surface area contributed by atoms with E-state index in [1.807, 2.05) is 42.5 Å². The Labute approximate surface area is 270 Å². The molecule has 2 aliphatic heterocycles. The highest BCUT2D eigenvalue weighted by molar-refractivity contribution is 8.00. The fourth-order valence-corrected chi connectivity index (χ4v) is 8.53. The van der Waals surface area contributed by atoms with E-state index in [4.69, 9.17) is 21.1 Å². The molecule has 0 bridgehead atoms. The Morgan fingerprint density at radius 1 is 0.956 bits per heavy atom. The molecule has 4 aromatic carbocycles. The second-order valence-electron chi connectivity index (χ2n) is 10.5. The lowest BCUT2D eigenvalue weighted by Gasteiger charge is -2.31. The molecule has 0 spiro atoms. The molecule has 3 heterocycles. The zero-order valence-corrected chi connectivity index (χ0v) is 26.0. The predicted octanol–water partition coefficient (Wildman–Crippen LogP) is 6.06. The summed E-state index contributed by atoms with van der Waals surface area (Å²) in [5.74, 6) is -1.84. The average molecular weight is 658 g/mol. The van der Waals surface area contributed by atoms with Crippen molar-refractivity contribution in [2.24, 2.45) is 5.92 Å². The number of methoxy groups -OCH3 is 1. The van der Waals surface area contributed by atoms with E-state index < -0.39 is 23.0 Å². The van der Waals surface area contributed by atoms with Gasteiger partial charge >= 0.3 is 4.87 Å². The van der Waals surface area contributed by atoms with Crippen LogP contribution in [0.25, 0.3) is 10.8 Å². The third-order valence-corrected chi connectivity index (χ3v) is 10.5. The molecule has 1 saturated heterocycles. The number of thioether (sulfide) groups is 1. The molecule has 0 radical (unpaired) electrons. The third-order valence-electron chi connectivity index (χ3n) is 7.85. The van der Waals surface area contributed by atoms with Crippen LogP contribution >= 0.6 is 34.7 Å². The number of rotatable bonds is 7. The van der Waals surface area contributed by atoms with Crippen molar-refractivity contribution in [1.29, 1.82) is 0 Å². The van der Waals surface area contributed by atoms with Gasteiger partial charge < -0.3 is 19.8 Å². The number of thiazole rings is 1. The van der Waals surface area contributed by atoms with Gasteiger partial charge in [-0.25, -0.2) is 4.90 Å². The lowest BCUT2D eigenvalue weighted by molar-refractivity contribution is -0.122. The van der Waals surface area contributed by atoms with Gasteiger partial charge in [0.05, 0.1) is 23.7 Å². The van der Waals surface area contributed by atoms with Gasteiger partial charge in [-0.2, -0.15) is 0 Å². The molecule has 1 aromatic heterocycles. The smallest absolute Gasteiger partial charge is 0.305 e. The second kappa shape index (κ2) is 11.7. The van der Waals surface area contributed by atoms with Gasteiger partial charge in [-0.3, -0.25) is 19.2 Å². The summed E-state index contributed by atoms with van der Waals surface area (Å²) in [6, 6.07) is 25.1. The number of fused-ring (bicyclic) bond motifs is 3. The van der Waals surface area contributed by atoms with E-state index in [-0.39, 0.29) is 23.3 Å². The van der Waals surface area contributed by atoms with Crippen molar-refractivity contribution in [2.45, 2.75) is 16.2 Å². The van der Waals surface area contributed by atoms with E-state index in [9.17, 15) is 19.2 Å². The number of hydrogen-bond donors (Lipinski definition) is 2. The minimum atomic E-state index is -0.851. The van der Waals surface area contributed by atoms with Gasteiger partial charge in [-0.15, -0.1) is 0 Å². The summed E-state index contributed by atoms with van der Waals surface area (Å²) in [7, 11) is 1.54. The van der Waals surface area contributed by atoms with Crippen LogP contribution in [0, 0.1) is 5.92 Å². The normalized spacial score (nSPS) is 18.9. The maximum Gasteiger partial charge on any atom is 0.305 e. The van der Waals surface area contributed by atoms with Crippen LogP contribution in [-0.2, 0) is 14.4 Å². The number of aromatic nitrogens is 1. The zero-order chi connectivity index (χ0) is 31.2. The Kier molecular flexibility index (Phi) is 7.60. The molecule has 12 heteroatoms. The molecule has 3 amide bonds. The van der Waals surface area contributed by atoms with Crippen molar-refractivity contribution in [3.63, 3.8) is 0 Å². The van der Waals surface area contributed by atoms with Crippen molar-refractivity contribution >= 4 is 74.6 Å². The topological polar surface area (TPSA) is 118 Å². The maximum absolute atomic E-state index is 14.1. The molecule has 2 N–H and O–H groups in total. The van der Waals surface area contributed by atoms with Gasteiger partial charge in [0, 0.05) is 27.1 Å². The fraction of sp³-hybridized carbons (Fsp3) is 0.152. The number of carbonyl (C=O) groups excluding carboxylic acids is 3. The number of carbonyl (C=O) groups is 3. The van der Waals surface area contributed by atoms with Gasteiger partial charge in [0.1, 0.15) is 16.7 Å². The van der Waals surface area contributed by atoms with E-state index in [2.05, 4.69) is 10.3 Å². The monoisotopic (exact) mass is 657 g/mol. The number of imide groups is 1. The third kappa shape index (κ3) is 5.37. The van der Waals surface area contributed by atoms with Crippen molar-refractivity contribution in [2.75, 3.05) is 23.9 Å². The minimum Gasteiger partial charge on any atom is -0.497 e. The Morgan fingerprint density at radius 3 is 2.51 bits per heavy atom. The molecule has 5 aromatic rings. The Balaban J connectivity index is 1.21. The number of benzene rings is 4. The SMILES string of the molecule is COc1ccc(N2C(=O)C3Sc4[nH]c(=O)sc4C(c4cc(Cl)ccc4OCC(=O)Nc4ccc5ccccc5c4)C3C2=O)cc1. The Morgan fingerprint density at radius 2 is 1.73 bits per heavy atom. The Hall–Kier alpha value is -4.58. The first-order chi connectivity index (χ1) is 21.8. The van der Waals surface area contributed by atoms with Gasteiger partial charge in [-0.1, -0.05) is 65.0 Å². The van der Waals surface area contributed by atoms with E-state index in [1.165, 1.54) is 23.8 Å². The average Bonchev–Trinajstić information content (AvgIpc) is 3.54. The molecule has 45 heavy (non-hydrogen) atoms. The highest BCUT2D eigenvalue weighted by Crippen LogP contribution is 2.54. The number of anilines is 2. The molecule has 3 unspecified atom stereocenters. The number of halogens is 1. The Bertz CT molecular complexity index is 2040. The summed E-state index contributed by atoms with van der Waals surface area (Å²) >= 11 is 8.62. The summed E-state index contributed by atoms with van der Waals surface area (Å²) < 4.78 is 11.3. The molecule has 226 valence electrons. The fourth-order valence-electron chi connectivity index (χ4n) is 5.84. The highest BCUT2D eigenvalue weighted by Gasteiger charge is 2.56. The first-order valence-electron chi connectivity index (χ1n) is 13.9. The maximum atomic E-state index is 14.1. The number of amides is 3. The van der Waals surface area contributed by atoms with Crippen LogP contribution in [0.5, 0.6) is 11.5 Å². The number of nitrogens with zero attached hydrogens (tertiary/aromatic N) is 1. The molecule has 7 rings (SSSR count). The standard InChI is InChI=1S/C33H24ClN3O6S2/c1-42-22-11-9-21(10-12-22)37-31(39)27-26(28-30(36-33(41)45-28)44-29(27)32(37)40)23-15-19(34)7-13-24(23)43-16-25(38)35-20-8-6-17-4-2-3-5-18(17)14-20/h2-15,26-27,29H,16H2,1H3,(H,35,38)(H,36,41). The quantitative estimate of drug-likeness (QED) is 0.204. The molecule has 0 saturated carbocycles. The number of H-pyrrole nitrogens is 1. The van der Waals surface area contributed by atoms with Gasteiger partial charge in [0.15, 0.2) is 6.61 Å². The van der Waals surface area contributed by atoms with Crippen molar-refractivity contribution in [1.82, 2.24) is 4.98 Å². The highest BCUT2D eigenvalue weighted by atomic mass is 35.5.